The van der Waals surface area contributed by atoms with Crippen molar-refractivity contribution in [1.29, 1.82) is 0 Å². The minimum absolute atomic E-state index is 0.0890. The fraction of sp³-hybridized carbons (Fsp3) is 0.917. The van der Waals surface area contributed by atoms with E-state index in [0.717, 1.165) is 19.5 Å². The number of nitrogens with zero attached hydrogens (tertiary/aromatic N) is 1. The van der Waals surface area contributed by atoms with Crippen LogP contribution in [-0.4, -0.2) is 62.9 Å². The van der Waals surface area contributed by atoms with Crippen LogP contribution in [0.25, 0.3) is 0 Å². The van der Waals surface area contributed by atoms with Crippen molar-refractivity contribution >= 4 is 5.91 Å². The predicted octanol–water partition coefficient (Wildman–Crippen LogP) is -0.142. The maximum atomic E-state index is 12.2. The van der Waals surface area contributed by atoms with Gasteiger partial charge in [0, 0.05) is 19.1 Å². The Bertz CT molecular complexity index is 266. The second kappa shape index (κ2) is 5.80. The number of carbonyl (C=O) groups is 1. The van der Waals surface area contributed by atoms with Crippen molar-refractivity contribution in [1.82, 2.24) is 10.2 Å². The average Bonchev–Trinajstić information content (AvgIpc) is 2.39. The topological polar surface area (TPSA) is 50.8 Å². The van der Waals surface area contributed by atoms with Gasteiger partial charge in [-0.25, -0.2) is 0 Å². The van der Waals surface area contributed by atoms with E-state index < -0.39 is 0 Å². The quantitative estimate of drug-likeness (QED) is 0.732. The van der Waals surface area contributed by atoms with Crippen molar-refractivity contribution in [2.75, 3.05) is 40.0 Å². The van der Waals surface area contributed by atoms with Gasteiger partial charge >= 0.3 is 0 Å². The van der Waals surface area contributed by atoms with Crippen molar-refractivity contribution in [3.8, 4) is 0 Å². The lowest BCUT2D eigenvalue weighted by Gasteiger charge is -2.38. The molecule has 1 amide bonds. The molecule has 0 spiro atoms. The summed E-state index contributed by atoms with van der Waals surface area (Å²) in [7, 11) is 1.98. The minimum Gasteiger partial charge on any atom is -0.376 e. The zero-order chi connectivity index (χ0) is 12.3. The van der Waals surface area contributed by atoms with Crippen LogP contribution in [0.4, 0.5) is 0 Å². The molecule has 1 N–H and O–H groups in total. The Balaban J connectivity index is 1.87. The van der Waals surface area contributed by atoms with Crippen LogP contribution in [0.3, 0.4) is 0 Å². The monoisotopic (exact) mass is 242 g/mol. The Morgan fingerprint density at radius 1 is 1.41 bits per heavy atom. The van der Waals surface area contributed by atoms with E-state index in [2.05, 4.69) is 12.2 Å². The van der Waals surface area contributed by atoms with Crippen LogP contribution < -0.4 is 5.32 Å². The molecule has 0 aromatic heterocycles. The van der Waals surface area contributed by atoms with E-state index in [4.69, 9.17) is 9.47 Å². The molecule has 0 bridgehead atoms. The first kappa shape index (κ1) is 12.8. The molecule has 98 valence electrons. The average molecular weight is 242 g/mol. The van der Waals surface area contributed by atoms with Gasteiger partial charge in [0.05, 0.1) is 19.8 Å². The number of nitrogens with one attached hydrogen (secondary N) is 1. The van der Waals surface area contributed by atoms with E-state index in [1.54, 1.807) is 0 Å². The Kier molecular flexibility index (Phi) is 4.36. The van der Waals surface area contributed by atoms with E-state index in [1.165, 1.54) is 0 Å². The van der Waals surface area contributed by atoms with Gasteiger partial charge in [-0.3, -0.25) is 4.79 Å². The van der Waals surface area contributed by atoms with Crippen molar-refractivity contribution < 1.29 is 14.3 Å². The zero-order valence-electron chi connectivity index (χ0n) is 10.6. The molecular weight excluding hydrogens is 220 g/mol. The highest BCUT2D eigenvalue weighted by molar-refractivity contribution is 5.81. The van der Waals surface area contributed by atoms with E-state index in [0.29, 0.717) is 31.8 Å². The molecule has 5 nitrogen and oxygen atoms in total. The van der Waals surface area contributed by atoms with Gasteiger partial charge in [-0.05, 0) is 19.4 Å². The number of rotatable bonds is 2. The molecule has 2 fully saturated rings. The third kappa shape index (κ3) is 2.97. The van der Waals surface area contributed by atoms with E-state index in [1.807, 2.05) is 11.9 Å². The van der Waals surface area contributed by atoms with Gasteiger partial charge in [-0.1, -0.05) is 6.92 Å². The molecular formula is C12H22N2O3. The first-order chi connectivity index (χ1) is 8.22. The van der Waals surface area contributed by atoms with Crippen LogP contribution in [0.1, 0.15) is 13.3 Å². The van der Waals surface area contributed by atoms with Crippen LogP contribution in [0.15, 0.2) is 0 Å². The summed E-state index contributed by atoms with van der Waals surface area (Å²) in [4.78, 5) is 14.1. The third-order valence-corrected chi connectivity index (χ3v) is 3.68. The summed E-state index contributed by atoms with van der Waals surface area (Å²) in [6.07, 6.45) is 0.624. The number of ether oxygens (including phenoxy) is 2. The number of amides is 1. The summed E-state index contributed by atoms with van der Waals surface area (Å²) < 4.78 is 10.7. The molecule has 5 heteroatoms. The highest BCUT2D eigenvalue weighted by Gasteiger charge is 2.32. The number of hydrogen-bond donors (Lipinski definition) is 1. The van der Waals surface area contributed by atoms with E-state index in [9.17, 15) is 4.79 Å². The summed E-state index contributed by atoms with van der Waals surface area (Å²) in [5, 5.41) is 3.30. The maximum absolute atomic E-state index is 12.2. The first-order valence-corrected chi connectivity index (χ1v) is 6.37. The smallest absolute Gasteiger partial charge is 0.254 e. The summed E-state index contributed by atoms with van der Waals surface area (Å²) in [6.45, 7) is 5.33. The van der Waals surface area contributed by atoms with Crippen molar-refractivity contribution in [3.05, 3.63) is 0 Å². The van der Waals surface area contributed by atoms with Gasteiger partial charge in [0.25, 0.3) is 5.91 Å². The fourth-order valence-corrected chi connectivity index (χ4v) is 2.61. The summed E-state index contributed by atoms with van der Waals surface area (Å²) in [5.74, 6) is 0.577. The lowest BCUT2D eigenvalue weighted by atomic mass is 9.94. The van der Waals surface area contributed by atoms with Gasteiger partial charge in [0.1, 0.15) is 0 Å². The first-order valence-electron chi connectivity index (χ1n) is 6.37. The van der Waals surface area contributed by atoms with Gasteiger partial charge < -0.3 is 19.7 Å². The summed E-state index contributed by atoms with van der Waals surface area (Å²) in [5.41, 5.74) is 0. The Labute approximate surface area is 102 Å². The van der Waals surface area contributed by atoms with Gasteiger partial charge in [0.15, 0.2) is 6.10 Å². The Morgan fingerprint density at radius 2 is 2.24 bits per heavy atom. The molecule has 3 atom stereocenters. The second-order valence-corrected chi connectivity index (χ2v) is 4.88. The van der Waals surface area contributed by atoms with Gasteiger partial charge in [-0.2, -0.15) is 0 Å². The SMILES string of the molecule is CNC1CCN(C(=O)C2COCCO2)CC1C. The molecule has 2 heterocycles. The lowest BCUT2D eigenvalue weighted by molar-refractivity contribution is -0.159. The number of likely N-dealkylation sites (tertiary alicyclic amines) is 1. The molecule has 17 heavy (non-hydrogen) atoms. The zero-order valence-corrected chi connectivity index (χ0v) is 10.6. The Morgan fingerprint density at radius 3 is 2.82 bits per heavy atom. The second-order valence-electron chi connectivity index (χ2n) is 4.88. The highest BCUT2D eigenvalue weighted by Crippen LogP contribution is 2.18. The van der Waals surface area contributed by atoms with Crippen LogP contribution in [0.2, 0.25) is 0 Å². The third-order valence-electron chi connectivity index (χ3n) is 3.68. The molecule has 2 saturated heterocycles. The van der Waals surface area contributed by atoms with Crippen molar-refractivity contribution in [3.63, 3.8) is 0 Å². The van der Waals surface area contributed by atoms with Crippen LogP contribution >= 0.6 is 0 Å². The maximum Gasteiger partial charge on any atom is 0.254 e. The number of carbonyl (C=O) groups excluding carboxylic acids is 1. The summed E-state index contributed by atoms with van der Waals surface area (Å²) >= 11 is 0. The summed E-state index contributed by atoms with van der Waals surface area (Å²) in [6, 6.07) is 0.516. The molecule has 3 unspecified atom stereocenters. The molecule has 0 saturated carbocycles. The highest BCUT2D eigenvalue weighted by atomic mass is 16.6. The van der Waals surface area contributed by atoms with Gasteiger partial charge in [0.2, 0.25) is 0 Å². The van der Waals surface area contributed by atoms with Crippen LogP contribution in [-0.2, 0) is 14.3 Å². The van der Waals surface area contributed by atoms with Gasteiger partial charge in [-0.15, -0.1) is 0 Å². The van der Waals surface area contributed by atoms with Crippen molar-refractivity contribution in [2.24, 2.45) is 5.92 Å². The lowest BCUT2D eigenvalue weighted by Crippen LogP contribution is -2.53. The van der Waals surface area contributed by atoms with Crippen LogP contribution in [0, 0.1) is 5.92 Å². The predicted molar refractivity (Wildman–Crippen MR) is 63.8 cm³/mol. The molecule has 2 rings (SSSR count). The Hall–Kier alpha value is -0.650. The number of piperidine rings is 1. The van der Waals surface area contributed by atoms with Crippen LogP contribution in [0.5, 0.6) is 0 Å². The molecule has 0 aromatic rings. The standard InChI is InChI=1S/C12H22N2O3/c1-9-7-14(4-3-10(9)13-2)12(15)11-8-16-5-6-17-11/h9-11,13H,3-8H2,1-2H3. The molecule has 0 aromatic carbocycles. The van der Waals surface area contributed by atoms with Crippen molar-refractivity contribution in [2.45, 2.75) is 25.5 Å². The molecule has 0 radical (unpaired) electrons. The van der Waals surface area contributed by atoms with E-state index >= 15 is 0 Å². The minimum atomic E-state index is -0.387. The molecule has 0 aliphatic carbocycles. The van der Waals surface area contributed by atoms with E-state index in [-0.39, 0.29) is 12.0 Å². The fourth-order valence-electron chi connectivity index (χ4n) is 2.61. The molecule has 2 aliphatic rings. The largest absolute Gasteiger partial charge is 0.376 e. The molecule has 2 aliphatic heterocycles. The number of hydrogen-bond acceptors (Lipinski definition) is 4. The normalized spacial score (nSPS) is 34.7.